The lowest BCUT2D eigenvalue weighted by atomic mass is 10.1. The molecule has 96 valence electrons. The van der Waals surface area contributed by atoms with Gasteiger partial charge in [-0.05, 0) is 32.1 Å². The van der Waals surface area contributed by atoms with Crippen LogP contribution in [0.5, 0.6) is 0 Å². The molecule has 1 fully saturated rings. The molecule has 0 radical (unpaired) electrons. The second-order valence-corrected chi connectivity index (χ2v) is 5.33. The second kappa shape index (κ2) is 7.29. The van der Waals surface area contributed by atoms with E-state index in [1.165, 1.54) is 62.8 Å². The van der Waals surface area contributed by atoms with Gasteiger partial charge in [0.15, 0.2) is 0 Å². The summed E-state index contributed by atoms with van der Waals surface area (Å²) in [5.74, 6) is 0. The smallest absolute Gasteiger partial charge is 0.0812 e. The summed E-state index contributed by atoms with van der Waals surface area (Å²) in [4.78, 5) is 0. The van der Waals surface area contributed by atoms with Gasteiger partial charge in [0.2, 0.25) is 0 Å². The van der Waals surface area contributed by atoms with Gasteiger partial charge in [0.1, 0.15) is 0 Å². The number of ether oxygens (including phenoxy) is 1. The van der Waals surface area contributed by atoms with Crippen molar-refractivity contribution in [3.63, 3.8) is 0 Å². The molecule has 1 saturated heterocycles. The van der Waals surface area contributed by atoms with Crippen molar-refractivity contribution in [3.8, 4) is 0 Å². The minimum Gasteiger partial charge on any atom is -0.373 e. The van der Waals surface area contributed by atoms with Crippen molar-refractivity contribution in [1.82, 2.24) is 0 Å². The van der Waals surface area contributed by atoms with Crippen LogP contribution in [-0.4, -0.2) is 43.4 Å². The third kappa shape index (κ3) is 4.84. The number of nitrogens with zero attached hydrogens (tertiary/aromatic N) is 1. The molecular formula is C14H30NO+. The maximum atomic E-state index is 5.30. The number of quaternary nitrogens is 1. The fraction of sp³-hybridized carbons (Fsp3) is 1.00. The molecule has 0 aromatic carbocycles. The summed E-state index contributed by atoms with van der Waals surface area (Å²) in [6.07, 6.45) is 7.22. The lowest BCUT2D eigenvalue weighted by Crippen LogP contribution is -2.50. The predicted octanol–water partition coefficient (Wildman–Crippen LogP) is 3.21. The average molecular weight is 228 g/mol. The van der Waals surface area contributed by atoms with E-state index >= 15 is 0 Å². The molecule has 1 aliphatic heterocycles. The second-order valence-electron chi connectivity index (χ2n) is 5.33. The number of hydrogen-bond acceptors (Lipinski definition) is 1. The largest absolute Gasteiger partial charge is 0.373 e. The monoisotopic (exact) mass is 228 g/mol. The van der Waals surface area contributed by atoms with Crippen LogP contribution in [0.25, 0.3) is 0 Å². The summed E-state index contributed by atoms with van der Waals surface area (Å²) >= 11 is 0. The third-order valence-electron chi connectivity index (χ3n) is 3.65. The molecule has 2 heteroatoms. The summed E-state index contributed by atoms with van der Waals surface area (Å²) in [6.45, 7) is 13.5. The summed E-state index contributed by atoms with van der Waals surface area (Å²) < 4.78 is 6.65. The van der Waals surface area contributed by atoms with Crippen LogP contribution in [0.15, 0.2) is 0 Å². The Kier molecular flexibility index (Phi) is 6.37. The number of rotatable bonds is 10. The molecule has 1 unspecified atom stereocenters. The molecule has 0 bridgehead atoms. The van der Waals surface area contributed by atoms with Crippen LogP contribution in [0, 0.1) is 0 Å². The first-order valence-electron chi connectivity index (χ1n) is 7.23. The number of epoxide rings is 1. The molecule has 1 aliphatic rings. The van der Waals surface area contributed by atoms with Gasteiger partial charge in [-0.15, -0.1) is 0 Å². The van der Waals surface area contributed by atoms with Crippen molar-refractivity contribution in [2.45, 2.75) is 59.0 Å². The zero-order valence-corrected chi connectivity index (χ0v) is 11.5. The van der Waals surface area contributed by atoms with Gasteiger partial charge in [0.25, 0.3) is 0 Å². The van der Waals surface area contributed by atoms with Crippen LogP contribution >= 0.6 is 0 Å². The Morgan fingerprint density at radius 3 is 1.81 bits per heavy atom. The molecule has 0 saturated carbocycles. The van der Waals surface area contributed by atoms with E-state index in [1.54, 1.807) is 0 Å². The Bertz CT molecular complexity index is 161. The molecule has 0 aromatic rings. The normalized spacial score (nSPS) is 20.1. The molecule has 0 aromatic heterocycles. The topological polar surface area (TPSA) is 12.5 Å². The lowest BCUT2D eigenvalue weighted by Gasteiger charge is -2.38. The average Bonchev–Trinajstić information content (AvgIpc) is 3.03. The maximum absolute atomic E-state index is 5.30. The highest BCUT2D eigenvalue weighted by Gasteiger charge is 2.27. The minimum absolute atomic E-state index is 0.617. The Hall–Kier alpha value is -0.0800. The zero-order valence-electron chi connectivity index (χ0n) is 11.5. The van der Waals surface area contributed by atoms with Gasteiger partial charge in [0, 0.05) is 0 Å². The first kappa shape index (κ1) is 14.0. The van der Waals surface area contributed by atoms with E-state index in [9.17, 15) is 0 Å². The standard InChI is InChI=1S/C14H30NO/c1-4-9-15(10-5-2,11-6-3)12-7-8-14-13-16-14/h14H,4-13H2,1-3H3/q+1. The molecule has 16 heavy (non-hydrogen) atoms. The van der Waals surface area contributed by atoms with Crippen LogP contribution in [-0.2, 0) is 4.74 Å². The summed E-state index contributed by atoms with van der Waals surface area (Å²) in [6, 6.07) is 0. The van der Waals surface area contributed by atoms with Crippen LogP contribution in [0.4, 0.5) is 0 Å². The highest BCUT2D eigenvalue weighted by Crippen LogP contribution is 2.19. The van der Waals surface area contributed by atoms with Crippen LogP contribution < -0.4 is 0 Å². The molecule has 0 spiro atoms. The van der Waals surface area contributed by atoms with Gasteiger partial charge in [-0.2, -0.15) is 0 Å². The van der Waals surface area contributed by atoms with Crippen LogP contribution in [0.2, 0.25) is 0 Å². The fourth-order valence-corrected chi connectivity index (χ4v) is 2.98. The van der Waals surface area contributed by atoms with Gasteiger partial charge in [0.05, 0.1) is 38.9 Å². The maximum Gasteiger partial charge on any atom is 0.0812 e. The van der Waals surface area contributed by atoms with Gasteiger partial charge in [-0.1, -0.05) is 20.8 Å². The van der Waals surface area contributed by atoms with E-state index in [2.05, 4.69) is 20.8 Å². The molecule has 0 N–H and O–H groups in total. The highest BCUT2D eigenvalue weighted by molar-refractivity contribution is 4.68. The Balaban J connectivity index is 2.36. The van der Waals surface area contributed by atoms with E-state index in [4.69, 9.17) is 4.74 Å². The summed E-state index contributed by atoms with van der Waals surface area (Å²) in [5, 5.41) is 0. The Morgan fingerprint density at radius 2 is 1.44 bits per heavy atom. The van der Waals surface area contributed by atoms with Crippen molar-refractivity contribution in [2.24, 2.45) is 0 Å². The van der Waals surface area contributed by atoms with Gasteiger partial charge in [-0.3, -0.25) is 0 Å². The summed E-state index contributed by atoms with van der Waals surface area (Å²) in [5.41, 5.74) is 0. The van der Waals surface area contributed by atoms with Gasteiger partial charge >= 0.3 is 0 Å². The van der Waals surface area contributed by atoms with Crippen molar-refractivity contribution in [2.75, 3.05) is 32.8 Å². The molecule has 2 nitrogen and oxygen atoms in total. The molecule has 1 rings (SSSR count). The third-order valence-corrected chi connectivity index (χ3v) is 3.65. The minimum atomic E-state index is 0.617. The first-order valence-corrected chi connectivity index (χ1v) is 7.23. The van der Waals surface area contributed by atoms with E-state index in [0.717, 1.165) is 6.61 Å². The van der Waals surface area contributed by atoms with E-state index in [-0.39, 0.29) is 0 Å². The molecule has 1 atom stereocenters. The van der Waals surface area contributed by atoms with E-state index < -0.39 is 0 Å². The van der Waals surface area contributed by atoms with E-state index in [1.807, 2.05) is 0 Å². The molecule has 0 amide bonds. The van der Waals surface area contributed by atoms with Crippen LogP contribution in [0.1, 0.15) is 52.9 Å². The van der Waals surface area contributed by atoms with Gasteiger partial charge < -0.3 is 9.22 Å². The number of hydrogen-bond donors (Lipinski definition) is 0. The first-order chi connectivity index (χ1) is 7.76. The van der Waals surface area contributed by atoms with Crippen molar-refractivity contribution >= 4 is 0 Å². The predicted molar refractivity (Wildman–Crippen MR) is 69.6 cm³/mol. The Morgan fingerprint density at radius 1 is 0.938 bits per heavy atom. The molecule has 0 aliphatic carbocycles. The van der Waals surface area contributed by atoms with Crippen LogP contribution in [0.3, 0.4) is 0 Å². The molecular weight excluding hydrogens is 198 g/mol. The SMILES string of the molecule is CCC[N+](CCC)(CCC)CCCC1CO1. The Labute approximate surface area is 102 Å². The van der Waals surface area contributed by atoms with Gasteiger partial charge in [-0.25, -0.2) is 0 Å². The van der Waals surface area contributed by atoms with Crippen molar-refractivity contribution in [1.29, 1.82) is 0 Å². The van der Waals surface area contributed by atoms with Crippen molar-refractivity contribution in [3.05, 3.63) is 0 Å². The highest BCUT2D eigenvalue weighted by atomic mass is 16.6. The zero-order chi connectivity index (χ0) is 11.9. The summed E-state index contributed by atoms with van der Waals surface area (Å²) in [7, 11) is 0. The quantitative estimate of drug-likeness (QED) is 0.413. The lowest BCUT2D eigenvalue weighted by molar-refractivity contribution is -0.928. The molecule has 1 heterocycles. The van der Waals surface area contributed by atoms with Crippen molar-refractivity contribution < 1.29 is 9.22 Å². The van der Waals surface area contributed by atoms with E-state index in [0.29, 0.717) is 6.10 Å². The fourth-order valence-electron chi connectivity index (χ4n) is 2.98.